The largest absolute Gasteiger partial charge is 0.392 e. The third kappa shape index (κ3) is 1.75. The van der Waals surface area contributed by atoms with Gasteiger partial charge in [0.1, 0.15) is 0 Å². The van der Waals surface area contributed by atoms with E-state index in [0.29, 0.717) is 0 Å². The third-order valence-electron chi connectivity index (χ3n) is 2.95. The summed E-state index contributed by atoms with van der Waals surface area (Å²) < 4.78 is 0. The average molecular weight is 236 g/mol. The first-order chi connectivity index (χ1) is 8.90. The lowest BCUT2D eigenvalue weighted by molar-refractivity contribution is 0.282. The molecule has 18 heavy (non-hydrogen) atoms. The van der Waals surface area contributed by atoms with Gasteiger partial charge in [-0.25, -0.2) is 0 Å². The van der Waals surface area contributed by atoms with Crippen LogP contribution in [0.15, 0.2) is 54.9 Å². The minimum atomic E-state index is -0.0380. The zero-order valence-corrected chi connectivity index (χ0v) is 9.74. The number of fused-ring (bicyclic) bond motifs is 1. The number of hydrogen-bond acceptors (Lipinski definition) is 3. The molecule has 3 heteroatoms. The van der Waals surface area contributed by atoms with Crippen LogP contribution in [0.25, 0.3) is 22.2 Å². The molecule has 1 N–H and O–H groups in total. The standard InChI is InChI=1S/C15H12N2O/c18-10-11-9-17-13-6-2-1-5-12(13)15(11)14-7-3-4-8-16-14/h1-9,18H,10H2. The zero-order chi connectivity index (χ0) is 12.4. The highest BCUT2D eigenvalue weighted by atomic mass is 16.3. The van der Waals surface area contributed by atoms with Crippen LogP contribution in [0.5, 0.6) is 0 Å². The molecular formula is C15H12N2O. The Bertz CT molecular complexity index is 680. The van der Waals surface area contributed by atoms with E-state index in [4.69, 9.17) is 0 Å². The van der Waals surface area contributed by atoms with Gasteiger partial charge in [-0.15, -0.1) is 0 Å². The Balaban J connectivity index is 2.38. The summed E-state index contributed by atoms with van der Waals surface area (Å²) in [5, 5.41) is 10.5. The van der Waals surface area contributed by atoms with Crippen LogP contribution < -0.4 is 0 Å². The molecule has 88 valence electrons. The van der Waals surface area contributed by atoms with Crippen molar-refractivity contribution in [2.75, 3.05) is 0 Å². The fourth-order valence-electron chi connectivity index (χ4n) is 2.12. The van der Waals surface area contributed by atoms with Gasteiger partial charge in [0.2, 0.25) is 0 Å². The summed E-state index contributed by atoms with van der Waals surface area (Å²) in [5.41, 5.74) is 3.53. The van der Waals surface area contributed by atoms with Crippen molar-refractivity contribution in [2.24, 2.45) is 0 Å². The zero-order valence-electron chi connectivity index (χ0n) is 9.74. The summed E-state index contributed by atoms with van der Waals surface area (Å²) in [7, 11) is 0. The minimum Gasteiger partial charge on any atom is -0.392 e. The molecule has 0 aliphatic rings. The fourth-order valence-corrected chi connectivity index (χ4v) is 2.12. The summed E-state index contributed by atoms with van der Waals surface area (Å²) in [6.07, 6.45) is 3.47. The number of rotatable bonds is 2. The van der Waals surface area contributed by atoms with Crippen LogP contribution >= 0.6 is 0 Å². The minimum absolute atomic E-state index is 0.0380. The van der Waals surface area contributed by atoms with Crippen LogP contribution in [-0.4, -0.2) is 15.1 Å². The van der Waals surface area contributed by atoms with Crippen molar-refractivity contribution in [1.29, 1.82) is 0 Å². The first-order valence-corrected chi connectivity index (χ1v) is 5.79. The lowest BCUT2D eigenvalue weighted by atomic mass is 10.0. The van der Waals surface area contributed by atoms with Gasteiger partial charge in [0, 0.05) is 28.9 Å². The maximum Gasteiger partial charge on any atom is 0.0712 e. The van der Waals surface area contributed by atoms with Crippen LogP contribution in [0.4, 0.5) is 0 Å². The molecule has 0 saturated heterocycles. The van der Waals surface area contributed by atoms with Gasteiger partial charge < -0.3 is 5.11 Å². The number of nitrogens with zero attached hydrogens (tertiary/aromatic N) is 2. The maximum absolute atomic E-state index is 9.47. The normalized spacial score (nSPS) is 10.7. The quantitative estimate of drug-likeness (QED) is 0.744. The number of para-hydroxylation sites is 1. The lowest BCUT2D eigenvalue weighted by Gasteiger charge is -2.10. The Morgan fingerprint density at radius 1 is 0.944 bits per heavy atom. The molecule has 0 atom stereocenters. The smallest absolute Gasteiger partial charge is 0.0712 e. The topological polar surface area (TPSA) is 46.0 Å². The summed E-state index contributed by atoms with van der Waals surface area (Å²) in [6.45, 7) is -0.0380. The van der Waals surface area contributed by atoms with Crippen molar-refractivity contribution in [2.45, 2.75) is 6.61 Å². The Hall–Kier alpha value is -2.26. The lowest BCUT2D eigenvalue weighted by Crippen LogP contribution is -1.95. The molecule has 0 aliphatic heterocycles. The highest BCUT2D eigenvalue weighted by Gasteiger charge is 2.10. The number of pyridine rings is 2. The van der Waals surface area contributed by atoms with Gasteiger partial charge in [-0.3, -0.25) is 9.97 Å². The van der Waals surface area contributed by atoms with Gasteiger partial charge >= 0.3 is 0 Å². The fraction of sp³-hybridized carbons (Fsp3) is 0.0667. The van der Waals surface area contributed by atoms with Gasteiger partial charge in [0.05, 0.1) is 17.8 Å². The first kappa shape index (κ1) is 10.9. The number of aliphatic hydroxyl groups excluding tert-OH is 1. The van der Waals surface area contributed by atoms with Gasteiger partial charge in [-0.1, -0.05) is 24.3 Å². The molecule has 0 unspecified atom stereocenters. The molecule has 0 fully saturated rings. The molecule has 2 heterocycles. The number of benzene rings is 1. The van der Waals surface area contributed by atoms with E-state index in [9.17, 15) is 5.11 Å². The van der Waals surface area contributed by atoms with Crippen molar-refractivity contribution in [3.8, 4) is 11.3 Å². The Labute approximate surface area is 105 Å². The summed E-state index contributed by atoms with van der Waals surface area (Å²) >= 11 is 0. The summed E-state index contributed by atoms with van der Waals surface area (Å²) in [5.74, 6) is 0. The molecule has 0 bridgehead atoms. The van der Waals surface area contributed by atoms with E-state index in [1.165, 1.54) is 0 Å². The van der Waals surface area contributed by atoms with E-state index in [1.807, 2.05) is 42.5 Å². The van der Waals surface area contributed by atoms with Crippen molar-refractivity contribution in [3.05, 3.63) is 60.4 Å². The highest BCUT2D eigenvalue weighted by molar-refractivity contribution is 5.94. The molecule has 0 radical (unpaired) electrons. The molecule has 0 saturated carbocycles. The number of aromatic nitrogens is 2. The second-order valence-electron chi connectivity index (χ2n) is 4.05. The summed E-state index contributed by atoms with van der Waals surface area (Å²) in [4.78, 5) is 8.72. The first-order valence-electron chi connectivity index (χ1n) is 5.79. The Morgan fingerprint density at radius 2 is 1.78 bits per heavy atom. The van der Waals surface area contributed by atoms with Crippen LogP contribution in [0.1, 0.15) is 5.56 Å². The molecule has 3 rings (SSSR count). The SMILES string of the molecule is OCc1cnc2ccccc2c1-c1ccccn1. The molecule has 0 spiro atoms. The van der Waals surface area contributed by atoms with Gasteiger partial charge in [0.15, 0.2) is 0 Å². The maximum atomic E-state index is 9.47. The molecule has 1 aromatic carbocycles. The van der Waals surface area contributed by atoms with E-state index in [0.717, 1.165) is 27.7 Å². The van der Waals surface area contributed by atoms with Crippen LogP contribution in [0.2, 0.25) is 0 Å². The molecule has 0 amide bonds. The van der Waals surface area contributed by atoms with Gasteiger partial charge in [-0.05, 0) is 18.2 Å². The van der Waals surface area contributed by atoms with Gasteiger partial charge in [0.25, 0.3) is 0 Å². The van der Waals surface area contributed by atoms with Crippen LogP contribution in [-0.2, 0) is 6.61 Å². The molecular weight excluding hydrogens is 224 g/mol. The van der Waals surface area contributed by atoms with E-state index >= 15 is 0 Å². The second kappa shape index (κ2) is 4.55. The van der Waals surface area contributed by atoms with Gasteiger partial charge in [-0.2, -0.15) is 0 Å². The molecule has 0 aliphatic carbocycles. The second-order valence-corrected chi connectivity index (χ2v) is 4.05. The third-order valence-corrected chi connectivity index (χ3v) is 2.95. The summed E-state index contributed by atoms with van der Waals surface area (Å²) in [6, 6.07) is 13.7. The predicted molar refractivity (Wildman–Crippen MR) is 70.9 cm³/mol. The van der Waals surface area contributed by atoms with Crippen LogP contribution in [0, 0.1) is 0 Å². The van der Waals surface area contributed by atoms with Crippen molar-refractivity contribution in [1.82, 2.24) is 9.97 Å². The van der Waals surface area contributed by atoms with E-state index in [1.54, 1.807) is 12.4 Å². The Morgan fingerprint density at radius 3 is 2.56 bits per heavy atom. The molecule has 2 aromatic heterocycles. The van der Waals surface area contributed by atoms with E-state index in [-0.39, 0.29) is 6.61 Å². The van der Waals surface area contributed by atoms with E-state index in [2.05, 4.69) is 9.97 Å². The van der Waals surface area contributed by atoms with Crippen molar-refractivity contribution < 1.29 is 5.11 Å². The molecule has 3 aromatic rings. The number of hydrogen-bond donors (Lipinski definition) is 1. The predicted octanol–water partition coefficient (Wildman–Crippen LogP) is 2.79. The monoisotopic (exact) mass is 236 g/mol. The van der Waals surface area contributed by atoms with Crippen molar-refractivity contribution in [3.63, 3.8) is 0 Å². The molecule has 3 nitrogen and oxygen atoms in total. The van der Waals surface area contributed by atoms with Crippen molar-refractivity contribution >= 4 is 10.9 Å². The Kier molecular flexibility index (Phi) is 2.74. The van der Waals surface area contributed by atoms with E-state index < -0.39 is 0 Å². The highest BCUT2D eigenvalue weighted by Crippen LogP contribution is 2.29. The van der Waals surface area contributed by atoms with Crippen LogP contribution in [0.3, 0.4) is 0 Å². The number of aliphatic hydroxyl groups is 1. The average Bonchev–Trinajstić information content (AvgIpc) is 2.47.